The molecule has 128 valence electrons. The predicted molar refractivity (Wildman–Crippen MR) is 109 cm³/mol. The van der Waals surface area contributed by atoms with Crippen molar-refractivity contribution < 1.29 is 0 Å². The van der Waals surface area contributed by atoms with Gasteiger partial charge in [0.15, 0.2) is 0 Å². The van der Waals surface area contributed by atoms with Crippen LogP contribution in [0.2, 0.25) is 0 Å². The molecule has 0 spiro atoms. The fraction of sp³-hybridized carbons (Fsp3) is 0.250. The summed E-state index contributed by atoms with van der Waals surface area (Å²) in [5.41, 5.74) is 4.99. The minimum Gasteiger partial charge on any atom is -0.311 e. The highest BCUT2D eigenvalue weighted by Crippen LogP contribution is 2.35. The van der Waals surface area contributed by atoms with Crippen molar-refractivity contribution in [3.05, 3.63) is 90.5 Å². The van der Waals surface area contributed by atoms with Crippen LogP contribution in [0, 0.1) is 0 Å². The molecule has 0 radical (unpaired) electrons. The van der Waals surface area contributed by atoms with Crippen molar-refractivity contribution in [2.24, 2.45) is 0 Å². The molecule has 0 aliphatic heterocycles. The van der Waals surface area contributed by atoms with E-state index >= 15 is 0 Å². The predicted octanol–water partition coefficient (Wildman–Crippen LogP) is 7.45. The van der Waals surface area contributed by atoms with Crippen LogP contribution in [0.15, 0.2) is 84.9 Å². The molecule has 0 N–H and O–H groups in total. The summed E-state index contributed by atoms with van der Waals surface area (Å²) in [5.74, 6) is 0.621. The first kappa shape index (κ1) is 17.3. The molecule has 0 saturated heterocycles. The quantitative estimate of drug-likeness (QED) is 0.435. The minimum atomic E-state index is 0.621. The lowest BCUT2D eigenvalue weighted by Gasteiger charge is -2.26. The molecule has 3 rings (SSSR count). The first-order valence-corrected chi connectivity index (χ1v) is 9.29. The minimum absolute atomic E-state index is 0.621. The number of rotatable bonds is 7. The molecule has 3 aromatic rings. The maximum atomic E-state index is 2.33. The van der Waals surface area contributed by atoms with Gasteiger partial charge in [0.1, 0.15) is 0 Å². The number of anilines is 3. The van der Waals surface area contributed by atoms with E-state index in [1.807, 2.05) is 0 Å². The van der Waals surface area contributed by atoms with E-state index in [9.17, 15) is 0 Å². The topological polar surface area (TPSA) is 3.24 Å². The Morgan fingerprint density at radius 3 is 1.64 bits per heavy atom. The molecule has 0 amide bonds. The lowest BCUT2D eigenvalue weighted by atomic mass is 9.95. The van der Waals surface area contributed by atoms with E-state index in [0.717, 1.165) is 0 Å². The van der Waals surface area contributed by atoms with Gasteiger partial charge in [-0.15, -0.1) is 0 Å². The van der Waals surface area contributed by atoms with Crippen LogP contribution in [-0.4, -0.2) is 0 Å². The third kappa shape index (κ3) is 4.30. The second-order valence-electron chi connectivity index (χ2n) is 6.64. The summed E-state index contributed by atoms with van der Waals surface area (Å²) in [7, 11) is 0. The van der Waals surface area contributed by atoms with E-state index in [0.29, 0.717) is 5.92 Å². The Bertz CT molecular complexity index is 708. The van der Waals surface area contributed by atoms with Gasteiger partial charge in [-0.25, -0.2) is 0 Å². The van der Waals surface area contributed by atoms with Crippen LogP contribution in [0.4, 0.5) is 17.1 Å². The zero-order valence-corrected chi connectivity index (χ0v) is 15.2. The number of hydrogen-bond acceptors (Lipinski definition) is 1. The van der Waals surface area contributed by atoms with Gasteiger partial charge in [-0.2, -0.15) is 0 Å². The van der Waals surface area contributed by atoms with Gasteiger partial charge in [-0.1, -0.05) is 75.2 Å². The Hall–Kier alpha value is -2.54. The van der Waals surface area contributed by atoms with E-state index in [2.05, 4.69) is 104 Å². The second-order valence-corrected chi connectivity index (χ2v) is 6.64. The van der Waals surface area contributed by atoms with Gasteiger partial charge in [0, 0.05) is 17.1 Å². The molecular weight excluding hydrogens is 302 g/mol. The summed E-state index contributed by atoms with van der Waals surface area (Å²) in [5, 5.41) is 0. The van der Waals surface area contributed by atoms with Gasteiger partial charge in [0.25, 0.3) is 0 Å². The molecule has 1 heteroatoms. The fourth-order valence-electron chi connectivity index (χ4n) is 3.23. The Labute approximate surface area is 151 Å². The van der Waals surface area contributed by atoms with Crippen molar-refractivity contribution >= 4 is 17.1 Å². The Morgan fingerprint density at radius 1 is 0.680 bits per heavy atom. The van der Waals surface area contributed by atoms with E-state index in [1.165, 1.54) is 41.9 Å². The van der Waals surface area contributed by atoms with Crippen LogP contribution >= 0.6 is 0 Å². The van der Waals surface area contributed by atoms with Crippen LogP contribution < -0.4 is 4.90 Å². The Kier molecular flexibility index (Phi) is 5.90. The van der Waals surface area contributed by atoms with Gasteiger partial charge in [-0.05, 0) is 54.3 Å². The molecule has 25 heavy (non-hydrogen) atoms. The van der Waals surface area contributed by atoms with E-state index in [-0.39, 0.29) is 0 Å². The van der Waals surface area contributed by atoms with Crippen LogP contribution in [0.3, 0.4) is 0 Å². The lowest BCUT2D eigenvalue weighted by Crippen LogP contribution is -2.09. The molecule has 1 unspecified atom stereocenters. The first-order valence-electron chi connectivity index (χ1n) is 9.29. The average molecular weight is 329 g/mol. The Morgan fingerprint density at radius 2 is 1.16 bits per heavy atom. The van der Waals surface area contributed by atoms with Crippen molar-refractivity contribution in [3.8, 4) is 0 Å². The molecule has 1 nitrogen and oxygen atoms in total. The Balaban J connectivity index is 1.92. The number of unbranched alkanes of at least 4 members (excludes halogenated alkanes) is 1. The number of nitrogens with zero attached hydrogens (tertiary/aromatic N) is 1. The maximum Gasteiger partial charge on any atom is 0.0461 e. The summed E-state index contributed by atoms with van der Waals surface area (Å²) in [6.45, 7) is 4.59. The van der Waals surface area contributed by atoms with Gasteiger partial charge in [0.2, 0.25) is 0 Å². The molecule has 0 bridgehead atoms. The third-order valence-electron chi connectivity index (χ3n) is 4.74. The monoisotopic (exact) mass is 329 g/mol. The standard InChI is InChI=1S/C24H27N/c1-3-4-11-20(2)21-16-18-24(19-17-21)25(22-12-7-5-8-13-22)23-14-9-6-10-15-23/h5-10,12-20H,3-4,11H2,1-2H3. The molecule has 0 saturated carbocycles. The highest BCUT2D eigenvalue weighted by Gasteiger charge is 2.12. The zero-order chi connectivity index (χ0) is 17.5. The van der Waals surface area contributed by atoms with Crippen LogP contribution in [0.1, 0.15) is 44.6 Å². The number of hydrogen-bond donors (Lipinski definition) is 0. The van der Waals surface area contributed by atoms with Crippen LogP contribution in [0.25, 0.3) is 0 Å². The number of para-hydroxylation sites is 2. The van der Waals surface area contributed by atoms with Gasteiger partial charge in [-0.3, -0.25) is 0 Å². The van der Waals surface area contributed by atoms with Crippen molar-refractivity contribution in [2.45, 2.75) is 39.0 Å². The SMILES string of the molecule is CCCCC(C)c1ccc(N(c2ccccc2)c2ccccc2)cc1. The first-order chi connectivity index (χ1) is 12.3. The second kappa shape index (κ2) is 8.53. The lowest BCUT2D eigenvalue weighted by molar-refractivity contribution is 0.624. The average Bonchev–Trinajstić information content (AvgIpc) is 2.68. The van der Waals surface area contributed by atoms with Crippen molar-refractivity contribution in [2.75, 3.05) is 4.90 Å². The molecule has 0 aliphatic carbocycles. The third-order valence-corrected chi connectivity index (χ3v) is 4.74. The summed E-state index contributed by atoms with van der Waals surface area (Å²) in [6, 6.07) is 30.2. The van der Waals surface area contributed by atoms with Gasteiger partial charge < -0.3 is 4.90 Å². The zero-order valence-electron chi connectivity index (χ0n) is 15.2. The van der Waals surface area contributed by atoms with Crippen molar-refractivity contribution in [3.63, 3.8) is 0 Å². The van der Waals surface area contributed by atoms with Gasteiger partial charge in [0.05, 0.1) is 0 Å². The molecule has 0 aromatic heterocycles. The van der Waals surface area contributed by atoms with E-state index in [4.69, 9.17) is 0 Å². The van der Waals surface area contributed by atoms with Crippen molar-refractivity contribution in [1.29, 1.82) is 0 Å². The van der Waals surface area contributed by atoms with Gasteiger partial charge >= 0.3 is 0 Å². The van der Waals surface area contributed by atoms with Crippen LogP contribution in [0.5, 0.6) is 0 Å². The molecule has 1 atom stereocenters. The van der Waals surface area contributed by atoms with E-state index in [1.54, 1.807) is 0 Å². The van der Waals surface area contributed by atoms with Crippen molar-refractivity contribution in [1.82, 2.24) is 0 Å². The molecule has 3 aromatic carbocycles. The molecule has 0 aliphatic rings. The summed E-state index contributed by atoms with van der Waals surface area (Å²) in [6.07, 6.45) is 3.82. The highest BCUT2D eigenvalue weighted by atomic mass is 15.1. The number of benzene rings is 3. The molecule has 0 fully saturated rings. The summed E-state index contributed by atoms with van der Waals surface area (Å²) >= 11 is 0. The summed E-state index contributed by atoms with van der Waals surface area (Å²) < 4.78 is 0. The molecular formula is C24H27N. The highest BCUT2D eigenvalue weighted by molar-refractivity contribution is 5.76. The largest absolute Gasteiger partial charge is 0.311 e. The maximum absolute atomic E-state index is 2.33. The van der Waals surface area contributed by atoms with E-state index < -0.39 is 0 Å². The van der Waals surface area contributed by atoms with Crippen LogP contribution in [-0.2, 0) is 0 Å². The molecule has 0 heterocycles. The normalized spacial score (nSPS) is 11.9. The summed E-state index contributed by atoms with van der Waals surface area (Å²) in [4.78, 5) is 2.31. The fourth-order valence-corrected chi connectivity index (χ4v) is 3.23. The smallest absolute Gasteiger partial charge is 0.0461 e.